The highest BCUT2D eigenvalue weighted by Crippen LogP contribution is 2.36. The van der Waals surface area contributed by atoms with E-state index in [-0.39, 0.29) is 0 Å². The summed E-state index contributed by atoms with van der Waals surface area (Å²) >= 11 is 0. The van der Waals surface area contributed by atoms with Gasteiger partial charge in [0.25, 0.3) is 5.91 Å². The zero-order valence-electron chi connectivity index (χ0n) is 19.4. The van der Waals surface area contributed by atoms with E-state index in [9.17, 15) is 10.1 Å². The van der Waals surface area contributed by atoms with Crippen molar-refractivity contribution in [3.05, 3.63) is 71.9 Å². The summed E-state index contributed by atoms with van der Waals surface area (Å²) in [6, 6.07) is 20.0. The molecular weight excluding hydrogens is 428 g/mol. The van der Waals surface area contributed by atoms with Crippen molar-refractivity contribution in [3.63, 3.8) is 0 Å². The van der Waals surface area contributed by atoms with Gasteiger partial charge >= 0.3 is 0 Å². The first-order chi connectivity index (χ1) is 16.5. The van der Waals surface area contributed by atoms with Crippen molar-refractivity contribution in [2.75, 3.05) is 25.0 Å². The van der Waals surface area contributed by atoms with Crippen LogP contribution in [0.2, 0.25) is 0 Å². The van der Waals surface area contributed by atoms with Gasteiger partial charge in [-0.1, -0.05) is 36.4 Å². The molecule has 1 amide bonds. The number of primary amides is 1. The van der Waals surface area contributed by atoms with Crippen molar-refractivity contribution >= 4 is 17.4 Å². The van der Waals surface area contributed by atoms with Crippen LogP contribution < -0.4 is 15.8 Å². The van der Waals surface area contributed by atoms with E-state index in [2.05, 4.69) is 22.4 Å². The lowest BCUT2D eigenvalue weighted by Gasteiger charge is -2.41. The molecule has 1 saturated heterocycles. The van der Waals surface area contributed by atoms with Crippen LogP contribution in [0.4, 0.5) is 11.5 Å². The van der Waals surface area contributed by atoms with Crippen LogP contribution in [-0.2, 0) is 12.1 Å². The van der Waals surface area contributed by atoms with Crippen LogP contribution in [0, 0.1) is 11.3 Å². The molecule has 8 heteroatoms. The second-order valence-corrected chi connectivity index (χ2v) is 8.57. The Balaban J connectivity index is 1.54. The van der Waals surface area contributed by atoms with Crippen LogP contribution in [-0.4, -0.2) is 40.3 Å². The summed E-state index contributed by atoms with van der Waals surface area (Å²) in [5.74, 6) is 0.763. The van der Waals surface area contributed by atoms with Gasteiger partial charge in [-0.15, -0.1) is 0 Å². The molecule has 1 aliphatic rings. The van der Waals surface area contributed by atoms with E-state index in [1.165, 1.54) is 0 Å². The molecule has 1 aliphatic heterocycles. The Bertz CT molecular complexity index is 1160. The fourth-order valence-corrected chi connectivity index (χ4v) is 4.48. The van der Waals surface area contributed by atoms with Crippen molar-refractivity contribution in [3.8, 4) is 11.8 Å². The van der Waals surface area contributed by atoms with Crippen LogP contribution in [0.3, 0.4) is 0 Å². The van der Waals surface area contributed by atoms with Gasteiger partial charge in [-0.25, -0.2) is 0 Å². The molecule has 1 fully saturated rings. The minimum atomic E-state index is -0.554. The second-order valence-electron chi connectivity index (χ2n) is 8.57. The number of piperidine rings is 1. The number of rotatable bonds is 9. The van der Waals surface area contributed by atoms with Gasteiger partial charge in [0.1, 0.15) is 11.3 Å². The number of ether oxygens (including phenoxy) is 1. The van der Waals surface area contributed by atoms with Gasteiger partial charge in [0, 0.05) is 37.1 Å². The number of hydrogen-bond donors (Lipinski definition) is 2. The Morgan fingerprint density at radius 2 is 1.88 bits per heavy atom. The van der Waals surface area contributed by atoms with Crippen molar-refractivity contribution in [1.82, 2.24) is 14.7 Å². The number of anilines is 2. The zero-order valence-corrected chi connectivity index (χ0v) is 19.4. The largest absolute Gasteiger partial charge is 0.494 e. The van der Waals surface area contributed by atoms with E-state index in [1.54, 1.807) is 10.9 Å². The number of nitrogens with two attached hydrogens (primary N) is 1. The lowest BCUT2D eigenvalue weighted by atomic mass is 9.84. The van der Waals surface area contributed by atoms with E-state index in [0.717, 1.165) is 49.5 Å². The molecule has 0 saturated carbocycles. The van der Waals surface area contributed by atoms with E-state index < -0.39 is 11.4 Å². The van der Waals surface area contributed by atoms with Crippen LogP contribution in [0.1, 0.15) is 42.1 Å². The maximum atomic E-state index is 12.2. The SMILES string of the molecule is CCOc1ccccc1CN1CCC(CC#N)(n2cc(C(N)=O)c(Nc3ccccc3)n2)CC1. The van der Waals surface area contributed by atoms with Gasteiger partial charge in [0.2, 0.25) is 0 Å². The number of amides is 1. The average molecular weight is 459 g/mol. The fraction of sp³-hybridized carbons (Fsp3) is 0.346. The first-order valence-corrected chi connectivity index (χ1v) is 11.6. The highest BCUT2D eigenvalue weighted by Gasteiger charge is 2.38. The summed E-state index contributed by atoms with van der Waals surface area (Å²) in [7, 11) is 0. The van der Waals surface area contributed by atoms with Crippen molar-refractivity contribution < 1.29 is 9.53 Å². The van der Waals surface area contributed by atoms with Crippen molar-refractivity contribution in [2.45, 2.75) is 38.3 Å². The van der Waals surface area contributed by atoms with Crippen LogP contribution in [0.15, 0.2) is 60.8 Å². The number of benzene rings is 2. The normalized spacial score (nSPS) is 15.4. The first-order valence-electron chi connectivity index (χ1n) is 11.6. The minimum Gasteiger partial charge on any atom is -0.494 e. The lowest BCUT2D eigenvalue weighted by molar-refractivity contribution is 0.0962. The van der Waals surface area contributed by atoms with E-state index in [0.29, 0.717) is 24.4 Å². The monoisotopic (exact) mass is 458 g/mol. The summed E-state index contributed by atoms with van der Waals surface area (Å²) in [5, 5.41) is 17.5. The number of nitriles is 1. The van der Waals surface area contributed by atoms with E-state index in [1.807, 2.05) is 55.5 Å². The minimum absolute atomic E-state index is 0.307. The lowest BCUT2D eigenvalue weighted by Crippen LogP contribution is -2.46. The van der Waals surface area contributed by atoms with Gasteiger partial charge in [-0.3, -0.25) is 14.4 Å². The maximum absolute atomic E-state index is 12.2. The summed E-state index contributed by atoms with van der Waals surface area (Å²) in [5.41, 5.74) is 7.44. The number of para-hydroxylation sites is 2. The summed E-state index contributed by atoms with van der Waals surface area (Å²) < 4.78 is 7.56. The second kappa shape index (κ2) is 10.4. The fourth-order valence-electron chi connectivity index (χ4n) is 4.48. The number of hydrogen-bond acceptors (Lipinski definition) is 6. The molecule has 4 rings (SSSR count). The highest BCUT2D eigenvalue weighted by molar-refractivity contribution is 5.98. The van der Waals surface area contributed by atoms with Crippen LogP contribution in [0.5, 0.6) is 5.75 Å². The van der Waals surface area contributed by atoms with Crippen LogP contribution >= 0.6 is 0 Å². The van der Waals surface area contributed by atoms with Gasteiger partial charge in [-0.2, -0.15) is 10.4 Å². The molecule has 34 heavy (non-hydrogen) atoms. The number of carbonyl (C=O) groups is 1. The molecule has 0 spiro atoms. The number of nitrogens with zero attached hydrogens (tertiary/aromatic N) is 4. The van der Waals surface area contributed by atoms with E-state index >= 15 is 0 Å². The maximum Gasteiger partial charge on any atom is 0.254 e. The Labute approximate surface area is 199 Å². The molecule has 0 unspecified atom stereocenters. The molecular formula is C26H30N6O2. The van der Waals surface area contributed by atoms with Gasteiger partial charge in [0.15, 0.2) is 5.82 Å². The molecule has 0 atom stereocenters. The topological polar surface area (TPSA) is 109 Å². The van der Waals surface area contributed by atoms with E-state index in [4.69, 9.17) is 15.6 Å². The molecule has 2 aromatic carbocycles. The number of nitrogens with one attached hydrogen (secondary N) is 1. The van der Waals surface area contributed by atoms with Gasteiger partial charge < -0.3 is 15.8 Å². The number of aromatic nitrogens is 2. The molecule has 0 aliphatic carbocycles. The molecule has 3 aromatic rings. The smallest absolute Gasteiger partial charge is 0.254 e. The van der Waals surface area contributed by atoms with Crippen molar-refractivity contribution in [1.29, 1.82) is 5.26 Å². The Kier molecular flexibility index (Phi) is 7.14. The van der Waals surface area contributed by atoms with Gasteiger partial charge in [-0.05, 0) is 38.0 Å². The predicted molar refractivity (Wildman–Crippen MR) is 131 cm³/mol. The average Bonchev–Trinajstić information content (AvgIpc) is 3.27. The van der Waals surface area contributed by atoms with Crippen LogP contribution in [0.25, 0.3) is 0 Å². The number of carbonyl (C=O) groups excluding carboxylic acids is 1. The first kappa shape index (κ1) is 23.3. The molecule has 2 heterocycles. The van der Waals surface area contributed by atoms with Crippen molar-refractivity contribution in [2.24, 2.45) is 5.73 Å². The predicted octanol–water partition coefficient (Wildman–Crippen LogP) is 4.03. The van der Waals surface area contributed by atoms with Gasteiger partial charge in [0.05, 0.1) is 24.6 Å². The standard InChI is InChI=1S/C26H30N6O2/c1-2-34-23-11-7-6-8-20(23)18-31-16-13-26(12-15-27,14-17-31)32-19-22(24(28)33)25(30-32)29-21-9-4-3-5-10-21/h3-11,19H,2,12-14,16-18H2,1H3,(H2,28,33)(H,29,30). The third kappa shape index (κ3) is 5.05. The molecule has 176 valence electrons. The molecule has 3 N–H and O–H groups in total. The molecule has 0 bridgehead atoms. The third-order valence-corrected chi connectivity index (χ3v) is 6.36. The zero-order chi connectivity index (χ0) is 24.0. The molecule has 0 radical (unpaired) electrons. The summed E-state index contributed by atoms with van der Waals surface area (Å²) in [6.07, 6.45) is 3.47. The third-order valence-electron chi connectivity index (χ3n) is 6.36. The summed E-state index contributed by atoms with van der Waals surface area (Å²) in [6.45, 7) is 5.00. The Morgan fingerprint density at radius 1 is 1.18 bits per heavy atom. The molecule has 1 aromatic heterocycles. The Morgan fingerprint density at radius 3 is 2.56 bits per heavy atom. The summed E-state index contributed by atoms with van der Waals surface area (Å²) in [4.78, 5) is 14.5. The Hall–Kier alpha value is -3.83. The quantitative estimate of drug-likeness (QED) is 0.501. The highest BCUT2D eigenvalue weighted by atomic mass is 16.5. The number of likely N-dealkylation sites (tertiary alicyclic amines) is 1. The molecule has 8 nitrogen and oxygen atoms in total.